The molecule has 1 heterocycles. The van der Waals surface area contributed by atoms with Gasteiger partial charge >= 0.3 is 5.97 Å². The van der Waals surface area contributed by atoms with Gasteiger partial charge in [-0.25, -0.2) is 4.79 Å². The number of carbonyl (C=O) groups is 2. The number of esters is 1. The highest BCUT2D eigenvalue weighted by molar-refractivity contribution is 5.82. The van der Waals surface area contributed by atoms with Crippen LogP contribution in [0.4, 0.5) is 0 Å². The topological polar surface area (TPSA) is 64.6 Å². The highest BCUT2D eigenvalue weighted by atomic mass is 16.6. The molecule has 5 nitrogen and oxygen atoms in total. The summed E-state index contributed by atoms with van der Waals surface area (Å²) in [6.07, 6.45) is 9.09. The van der Waals surface area contributed by atoms with Crippen molar-refractivity contribution in [2.45, 2.75) is 70.4 Å². The van der Waals surface area contributed by atoms with Gasteiger partial charge in [0.25, 0.3) is 5.91 Å². The van der Waals surface area contributed by atoms with Gasteiger partial charge in [-0.05, 0) is 81.5 Å². The Morgan fingerprint density at radius 3 is 2.33 bits per heavy atom. The molecule has 4 aliphatic carbocycles. The molecule has 5 rings (SSSR count). The zero-order chi connectivity index (χ0) is 16.7. The number of hydrogen-bond donors (Lipinski definition) is 1. The Hall–Kier alpha value is -1.10. The first-order valence-electron chi connectivity index (χ1n) is 9.62. The molecule has 24 heavy (non-hydrogen) atoms. The molecule has 0 aromatic heterocycles. The fourth-order valence-corrected chi connectivity index (χ4v) is 6.14. The fourth-order valence-electron chi connectivity index (χ4n) is 6.14. The predicted octanol–water partition coefficient (Wildman–Crippen LogP) is 2.43. The van der Waals surface area contributed by atoms with Gasteiger partial charge in [0, 0.05) is 12.6 Å². The molecule has 0 spiro atoms. The van der Waals surface area contributed by atoms with Crippen molar-refractivity contribution in [1.29, 1.82) is 0 Å². The van der Waals surface area contributed by atoms with Crippen molar-refractivity contribution < 1.29 is 19.1 Å². The van der Waals surface area contributed by atoms with Crippen LogP contribution >= 0.6 is 0 Å². The van der Waals surface area contributed by atoms with Crippen LogP contribution in [0.1, 0.15) is 58.3 Å². The number of rotatable bonds is 5. The average molecular weight is 335 g/mol. The number of ether oxygens (including phenoxy) is 2. The van der Waals surface area contributed by atoms with E-state index in [1.165, 1.54) is 38.5 Å². The lowest BCUT2D eigenvalue weighted by atomic mass is 9.48. The first-order valence-corrected chi connectivity index (χ1v) is 9.62. The summed E-state index contributed by atoms with van der Waals surface area (Å²) in [4.78, 5) is 24.1. The Labute approximate surface area is 143 Å². The quantitative estimate of drug-likeness (QED) is 0.784. The molecule has 0 unspecified atom stereocenters. The zero-order valence-electron chi connectivity index (χ0n) is 14.6. The third-order valence-electron chi connectivity index (χ3n) is 6.92. The largest absolute Gasteiger partial charge is 0.454 e. The van der Waals surface area contributed by atoms with Crippen molar-refractivity contribution >= 4 is 11.9 Å². The van der Waals surface area contributed by atoms with E-state index in [1.54, 1.807) is 0 Å². The molecular formula is C19H29NO4. The molecule has 1 N–H and O–H groups in total. The summed E-state index contributed by atoms with van der Waals surface area (Å²) in [5.74, 6) is 2.03. The maximum Gasteiger partial charge on any atom is 0.335 e. The smallest absolute Gasteiger partial charge is 0.335 e. The molecule has 134 valence electrons. The van der Waals surface area contributed by atoms with E-state index in [0.717, 1.165) is 24.2 Å². The first kappa shape index (κ1) is 16.4. The lowest BCUT2D eigenvalue weighted by Crippen LogP contribution is -2.56. The third-order valence-corrected chi connectivity index (χ3v) is 6.92. The SMILES string of the molecule is C[C@H](NC(=O)COC(=O)[C@@H]1CCCO1)C12CC3CC(CC(C3)C1)C2. The Morgan fingerprint density at radius 2 is 1.79 bits per heavy atom. The van der Waals surface area contributed by atoms with E-state index in [1.807, 2.05) is 0 Å². The number of amides is 1. The molecule has 1 amide bonds. The molecule has 0 aromatic rings. The third kappa shape index (κ3) is 3.07. The molecular weight excluding hydrogens is 306 g/mol. The summed E-state index contributed by atoms with van der Waals surface area (Å²) in [6.45, 7) is 2.57. The van der Waals surface area contributed by atoms with Gasteiger partial charge in [0.1, 0.15) is 0 Å². The summed E-state index contributed by atoms with van der Waals surface area (Å²) < 4.78 is 10.4. The van der Waals surface area contributed by atoms with Crippen LogP contribution in [0.2, 0.25) is 0 Å². The molecule has 2 atom stereocenters. The summed E-state index contributed by atoms with van der Waals surface area (Å²) in [6, 6.07) is 0.167. The molecule has 1 aliphatic heterocycles. The van der Waals surface area contributed by atoms with Gasteiger partial charge in [0.05, 0.1) is 0 Å². The monoisotopic (exact) mass is 335 g/mol. The summed E-state index contributed by atoms with van der Waals surface area (Å²) in [7, 11) is 0. The molecule has 1 saturated heterocycles. The average Bonchev–Trinajstić information content (AvgIpc) is 3.05. The summed E-state index contributed by atoms with van der Waals surface area (Å²) >= 11 is 0. The van der Waals surface area contributed by atoms with E-state index in [0.29, 0.717) is 13.0 Å². The van der Waals surface area contributed by atoms with E-state index >= 15 is 0 Å². The molecule has 4 bridgehead atoms. The van der Waals surface area contributed by atoms with Crippen LogP contribution in [0, 0.1) is 23.2 Å². The fraction of sp³-hybridized carbons (Fsp3) is 0.895. The Balaban J connectivity index is 1.28. The second-order valence-corrected chi connectivity index (χ2v) is 8.68. The van der Waals surface area contributed by atoms with Crippen molar-refractivity contribution in [2.75, 3.05) is 13.2 Å². The number of carbonyl (C=O) groups excluding carboxylic acids is 2. The van der Waals surface area contributed by atoms with Crippen LogP contribution in [0.15, 0.2) is 0 Å². The Morgan fingerprint density at radius 1 is 1.17 bits per heavy atom. The summed E-state index contributed by atoms with van der Waals surface area (Å²) in [5, 5.41) is 3.13. The zero-order valence-corrected chi connectivity index (χ0v) is 14.6. The standard InChI is InChI=1S/C19H29NO4/c1-12(19-8-13-5-14(9-19)7-15(6-13)10-19)20-17(21)11-24-18(22)16-3-2-4-23-16/h12-16H,2-11H2,1H3,(H,20,21)/t12-,13?,14?,15?,16-,19?/m0/s1. The van der Waals surface area contributed by atoms with Crippen LogP contribution in [0.5, 0.6) is 0 Å². The van der Waals surface area contributed by atoms with Gasteiger partial charge < -0.3 is 14.8 Å². The number of nitrogens with one attached hydrogen (secondary N) is 1. The van der Waals surface area contributed by atoms with Crippen molar-refractivity contribution in [3.8, 4) is 0 Å². The van der Waals surface area contributed by atoms with Crippen molar-refractivity contribution in [2.24, 2.45) is 23.2 Å². The van der Waals surface area contributed by atoms with Crippen molar-refractivity contribution in [1.82, 2.24) is 5.32 Å². The van der Waals surface area contributed by atoms with Crippen LogP contribution in [0.3, 0.4) is 0 Å². The van der Waals surface area contributed by atoms with E-state index in [2.05, 4.69) is 12.2 Å². The lowest BCUT2D eigenvalue weighted by molar-refractivity contribution is -0.158. The van der Waals surface area contributed by atoms with E-state index < -0.39 is 12.1 Å². The highest BCUT2D eigenvalue weighted by Gasteiger charge is 2.53. The minimum Gasteiger partial charge on any atom is -0.454 e. The summed E-state index contributed by atoms with van der Waals surface area (Å²) in [5.41, 5.74) is 0.281. The van der Waals surface area contributed by atoms with Gasteiger partial charge in [0.15, 0.2) is 12.7 Å². The van der Waals surface area contributed by atoms with Crippen LogP contribution in [-0.2, 0) is 19.1 Å². The second kappa shape index (κ2) is 6.32. The Bertz CT molecular complexity index is 476. The normalized spacial score (nSPS) is 41.2. The van der Waals surface area contributed by atoms with Crippen molar-refractivity contribution in [3.63, 3.8) is 0 Å². The predicted molar refractivity (Wildman–Crippen MR) is 88.1 cm³/mol. The van der Waals surface area contributed by atoms with Crippen LogP contribution in [-0.4, -0.2) is 37.2 Å². The van der Waals surface area contributed by atoms with Gasteiger partial charge in [-0.2, -0.15) is 0 Å². The van der Waals surface area contributed by atoms with E-state index in [-0.39, 0.29) is 24.0 Å². The second-order valence-electron chi connectivity index (χ2n) is 8.68. The van der Waals surface area contributed by atoms with Gasteiger partial charge in [0.2, 0.25) is 0 Å². The van der Waals surface area contributed by atoms with E-state index in [4.69, 9.17) is 9.47 Å². The molecule has 0 radical (unpaired) electrons. The molecule has 0 aromatic carbocycles. The number of hydrogen-bond acceptors (Lipinski definition) is 4. The van der Waals surface area contributed by atoms with Gasteiger partial charge in [-0.15, -0.1) is 0 Å². The maximum atomic E-state index is 12.2. The molecule has 4 saturated carbocycles. The maximum absolute atomic E-state index is 12.2. The van der Waals surface area contributed by atoms with E-state index in [9.17, 15) is 9.59 Å². The van der Waals surface area contributed by atoms with Gasteiger partial charge in [-0.3, -0.25) is 4.79 Å². The highest BCUT2D eigenvalue weighted by Crippen LogP contribution is 2.61. The van der Waals surface area contributed by atoms with Gasteiger partial charge in [-0.1, -0.05) is 0 Å². The molecule has 5 fully saturated rings. The Kier molecular flexibility index (Phi) is 4.31. The first-order chi connectivity index (χ1) is 11.5. The molecule has 5 heteroatoms. The van der Waals surface area contributed by atoms with Crippen LogP contribution in [0.25, 0.3) is 0 Å². The minimum absolute atomic E-state index is 0.167. The van der Waals surface area contributed by atoms with Crippen LogP contribution < -0.4 is 5.32 Å². The van der Waals surface area contributed by atoms with Crippen molar-refractivity contribution in [3.05, 3.63) is 0 Å². The lowest BCUT2D eigenvalue weighted by Gasteiger charge is -2.59. The molecule has 5 aliphatic rings. The minimum atomic E-state index is -0.474.